The Balaban J connectivity index is 1.80. The number of hydrogen-bond acceptors (Lipinski definition) is 2. The first kappa shape index (κ1) is 14.0. The van der Waals surface area contributed by atoms with Crippen molar-refractivity contribution in [2.75, 3.05) is 0 Å². The van der Waals surface area contributed by atoms with Crippen molar-refractivity contribution < 1.29 is 14.3 Å². The van der Waals surface area contributed by atoms with Gasteiger partial charge in [-0.2, -0.15) is 0 Å². The van der Waals surface area contributed by atoms with Crippen LogP contribution in [0.25, 0.3) is 0 Å². The summed E-state index contributed by atoms with van der Waals surface area (Å²) < 4.78 is 13.4. The second-order valence-corrected chi connectivity index (χ2v) is 5.35. The van der Waals surface area contributed by atoms with Crippen molar-refractivity contribution in [3.05, 3.63) is 35.1 Å². The maximum absolute atomic E-state index is 13.4. The fourth-order valence-corrected chi connectivity index (χ4v) is 2.55. The number of benzene rings is 1. The lowest BCUT2D eigenvalue weighted by molar-refractivity contribution is -0.142. The van der Waals surface area contributed by atoms with E-state index in [1.807, 2.05) is 6.07 Å². The van der Waals surface area contributed by atoms with Crippen LogP contribution in [0.5, 0.6) is 0 Å². The summed E-state index contributed by atoms with van der Waals surface area (Å²) in [7, 11) is 0. The largest absolute Gasteiger partial charge is 0.481 e. The number of aliphatic carboxylic acids is 1. The third-order valence-electron chi connectivity index (χ3n) is 3.91. The molecule has 2 N–H and O–H groups in total. The van der Waals surface area contributed by atoms with Gasteiger partial charge in [-0.1, -0.05) is 12.1 Å². The predicted octanol–water partition coefficient (Wildman–Crippen LogP) is 2.87. The van der Waals surface area contributed by atoms with Gasteiger partial charge in [0.25, 0.3) is 0 Å². The minimum atomic E-state index is -0.681. The van der Waals surface area contributed by atoms with Crippen molar-refractivity contribution in [2.45, 2.75) is 45.2 Å². The molecule has 0 bridgehead atoms. The molecule has 0 spiro atoms. The van der Waals surface area contributed by atoms with Gasteiger partial charge < -0.3 is 10.4 Å². The average molecular weight is 265 g/mol. The summed E-state index contributed by atoms with van der Waals surface area (Å²) in [5.41, 5.74) is 1.59. The van der Waals surface area contributed by atoms with Gasteiger partial charge in [0.15, 0.2) is 0 Å². The van der Waals surface area contributed by atoms with E-state index in [9.17, 15) is 9.18 Å². The first-order valence-corrected chi connectivity index (χ1v) is 6.77. The molecule has 2 rings (SSSR count). The lowest BCUT2D eigenvalue weighted by Crippen LogP contribution is -2.34. The van der Waals surface area contributed by atoms with Gasteiger partial charge in [0, 0.05) is 12.6 Å². The molecule has 3 nitrogen and oxygen atoms in total. The first-order valence-electron chi connectivity index (χ1n) is 6.77. The number of halogens is 1. The molecule has 4 heteroatoms. The summed E-state index contributed by atoms with van der Waals surface area (Å²) >= 11 is 0. The van der Waals surface area contributed by atoms with Crippen molar-refractivity contribution in [1.29, 1.82) is 0 Å². The van der Waals surface area contributed by atoms with E-state index < -0.39 is 5.97 Å². The highest BCUT2D eigenvalue weighted by Gasteiger charge is 2.25. The molecule has 1 saturated carbocycles. The maximum Gasteiger partial charge on any atom is 0.306 e. The highest BCUT2D eigenvalue weighted by atomic mass is 19.1. The van der Waals surface area contributed by atoms with Crippen molar-refractivity contribution in [1.82, 2.24) is 5.32 Å². The van der Waals surface area contributed by atoms with Gasteiger partial charge in [0.05, 0.1) is 5.92 Å². The summed E-state index contributed by atoms with van der Waals surface area (Å²) in [6.45, 7) is 2.39. The van der Waals surface area contributed by atoms with Crippen LogP contribution in [-0.4, -0.2) is 17.1 Å². The van der Waals surface area contributed by atoms with E-state index in [0.29, 0.717) is 18.2 Å². The van der Waals surface area contributed by atoms with Crippen LogP contribution >= 0.6 is 0 Å². The molecule has 0 radical (unpaired) electrons. The molecular formula is C15H20FNO2. The topological polar surface area (TPSA) is 49.3 Å². The summed E-state index contributed by atoms with van der Waals surface area (Å²) in [6.07, 6.45) is 3.22. The Bertz CT molecular complexity index is 453. The Morgan fingerprint density at radius 2 is 2.05 bits per heavy atom. The smallest absolute Gasteiger partial charge is 0.306 e. The molecule has 1 fully saturated rings. The highest BCUT2D eigenvalue weighted by Crippen LogP contribution is 2.24. The van der Waals surface area contributed by atoms with Gasteiger partial charge in [0.1, 0.15) is 5.82 Å². The normalized spacial score (nSPS) is 23.3. The van der Waals surface area contributed by atoms with Crippen molar-refractivity contribution in [3.8, 4) is 0 Å². The van der Waals surface area contributed by atoms with E-state index in [-0.39, 0.29) is 11.7 Å². The van der Waals surface area contributed by atoms with Crippen LogP contribution in [0.4, 0.5) is 4.39 Å². The molecule has 1 aromatic carbocycles. The molecule has 19 heavy (non-hydrogen) atoms. The van der Waals surface area contributed by atoms with Crippen molar-refractivity contribution >= 4 is 5.97 Å². The molecule has 0 amide bonds. The number of carbonyl (C=O) groups is 1. The van der Waals surface area contributed by atoms with Gasteiger partial charge in [-0.05, 0) is 49.8 Å². The Kier molecular flexibility index (Phi) is 4.53. The molecule has 104 valence electrons. The first-order chi connectivity index (χ1) is 9.06. The third kappa shape index (κ3) is 3.77. The molecule has 0 heterocycles. The Labute approximate surface area is 112 Å². The van der Waals surface area contributed by atoms with Crippen LogP contribution in [0, 0.1) is 18.7 Å². The molecule has 0 aromatic heterocycles. The highest BCUT2D eigenvalue weighted by molar-refractivity contribution is 5.70. The number of hydrogen-bond donors (Lipinski definition) is 2. The second-order valence-electron chi connectivity index (χ2n) is 5.35. The van der Waals surface area contributed by atoms with Crippen LogP contribution in [0.2, 0.25) is 0 Å². The maximum atomic E-state index is 13.4. The molecule has 0 aliphatic heterocycles. The van der Waals surface area contributed by atoms with E-state index in [0.717, 1.165) is 31.2 Å². The lowest BCUT2D eigenvalue weighted by Gasteiger charge is -2.27. The Hall–Kier alpha value is -1.42. The number of rotatable bonds is 4. The molecule has 1 aromatic rings. The fraction of sp³-hybridized carbons (Fsp3) is 0.533. The zero-order chi connectivity index (χ0) is 13.8. The summed E-state index contributed by atoms with van der Waals surface area (Å²) in [4.78, 5) is 10.8. The Morgan fingerprint density at radius 3 is 2.63 bits per heavy atom. The van der Waals surface area contributed by atoms with Crippen LogP contribution in [0.15, 0.2) is 18.2 Å². The minimum absolute atomic E-state index is 0.172. The monoisotopic (exact) mass is 265 g/mol. The number of aryl methyl sites for hydroxylation is 1. The Morgan fingerprint density at radius 1 is 1.37 bits per heavy atom. The molecule has 0 saturated heterocycles. The lowest BCUT2D eigenvalue weighted by atomic mass is 9.86. The zero-order valence-electron chi connectivity index (χ0n) is 11.2. The standard InChI is InChI=1S/C15H20FNO2/c1-10-2-3-11(8-14(10)16)9-17-13-6-4-12(5-7-13)15(18)19/h2-3,8,12-13,17H,4-7,9H2,1H3,(H,18,19). The minimum Gasteiger partial charge on any atom is -0.481 e. The number of nitrogens with one attached hydrogen (secondary N) is 1. The van der Waals surface area contributed by atoms with Gasteiger partial charge in [0.2, 0.25) is 0 Å². The molecule has 0 unspecified atom stereocenters. The third-order valence-corrected chi connectivity index (χ3v) is 3.91. The van der Waals surface area contributed by atoms with E-state index >= 15 is 0 Å². The number of carboxylic acids is 1. The quantitative estimate of drug-likeness (QED) is 0.880. The van der Waals surface area contributed by atoms with Crippen LogP contribution in [0.1, 0.15) is 36.8 Å². The number of carboxylic acid groups (broad SMARTS) is 1. The van der Waals surface area contributed by atoms with E-state index in [1.54, 1.807) is 19.1 Å². The van der Waals surface area contributed by atoms with E-state index in [1.165, 1.54) is 0 Å². The van der Waals surface area contributed by atoms with Crippen molar-refractivity contribution in [3.63, 3.8) is 0 Å². The van der Waals surface area contributed by atoms with Gasteiger partial charge in [-0.25, -0.2) is 4.39 Å². The van der Waals surface area contributed by atoms with E-state index in [4.69, 9.17) is 5.11 Å². The second kappa shape index (κ2) is 6.15. The summed E-state index contributed by atoms with van der Waals surface area (Å²) in [5.74, 6) is -1.04. The van der Waals surface area contributed by atoms with Crippen LogP contribution in [-0.2, 0) is 11.3 Å². The van der Waals surface area contributed by atoms with Gasteiger partial charge >= 0.3 is 5.97 Å². The zero-order valence-corrected chi connectivity index (χ0v) is 11.2. The van der Waals surface area contributed by atoms with Crippen LogP contribution < -0.4 is 5.32 Å². The molecule has 0 atom stereocenters. The fourth-order valence-electron chi connectivity index (χ4n) is 2.55. The summed E-state index contributed by atoms with van der Waals surface area (Å²) in [5, 5.41) is 12.3. The van der Waals surface area contributed by atoms with Gasteiger partial charge in [-0.3, -0.25) is 4.79 Å². The van der Waals surface area contributed by atoms with E-state index in [2.05, 4.69) is 5.32 Å². The van der Waals surface area contributed by atoms with Crippen LogP contribution in [0.3, 0.4) is 0 Å². The SMILES string of the molecule is Cc1ccc(CNC2CCC(C(=O)O)CC2)cc1F. The van der Waals surface area contributed by atoms with Crippen molar-refractivity contribution in [2.24, 2.45) is 5.92 Å². The average Bonchev–Trinajstić information content (AvgIpc) is 2.40. The molecule has 1 aliphatic carbocycles. The van der Waals surface area contributed by atoms with Gasteiger partial charge in [-0.15, -0.1) is 0 Å². The summed E-state index contributed by atoms with van der Waals surface area (Å²) in [6, 6.07) is 5.62. The molecular weight excluding hydrogens is 245 g/mol. The molecule has 1 aliphatic rings. The predicted molar refractivity (Wildman–Crippen MR) is 71.4 cm³/mol.